The Balaban J connectivity index is 1.55. The summed E-state index contributed by atoms with van der Waals surface area (Å²) in [6, 6.07) is 12.8. The quantitative estimate of drug-likeness (QED) is 0.499. The molecule has 0 aliphatic heterocycles. The number of nitrogens with zero attached hydrogens (tertiary/aromatic N) is 4. The molecule has 1 fully saturated rings. The number of para-hydroxylation sites is 1. The lowest BCUT2D eigenvalue weighted by Gasteiger charge is -2.08. The van der Waals surface area contributed by atoms with Crippen LogP contribution in [0.3, 0.4) is 0 Å². The Morgan fingerprint density at radius 2 is 1.89 bits per heavy atom. The largest absolute Gasteiger partial charge is 0.494 e. The molecule has 2 heterocycles. The molecule has 0 bridgehead atoms. The van der Waals surface area contributed by atoms with Gasteiger partial charge < -0.3 is 4.74 Å². The van der Waals surface area contributed by atoms with Crippen molar-refractivity contribution >= 4 is 10.9 Å². The highest BCUT2D eigenvalue weighted by Gasteiger charge is 2.29. The molecule has 0 spiro atoms. The standard InChI is InChI=1S/C22H19FN4O/c1-2-28-16-9-10-19(23)18(11-16)15-12-24-22(25-13-15)27-20-6-4-3-5-17(20)21(26-27)14-7-8-14/h3-6,9-14H,2,7-8H2,1H3. The predicted octanol–water partition coefficient (Wildman–Crippen LogP) is 4.90. The molecule has 1 saturated carbocycles. The van der Waals surface area contributed by atoms with E-state index in [1.807, 2.05) is 25.1 Å². The van der Waals surface area contributed by atoms with E-state index in [0.29, 0.717) is 35.3 Å². The van der Waals surface area contributed by atoms with Crippen LogP contribution in [0.15, 0.2) is 54.9 Å². The van der Waals surface area contributed by atoms with Gasteiger partial charge in [-0.25, -0.2) is 14.4 Å². The number of fused-ring (bicyclic) bond motifs is 1. The van der Waals surface area contributed by atoms with Crippen LogP contribution < -0.4 is 4.74 Å². The van der Waals surface area contributed by atoms with E-state index in [2.05, 4.69) is 16.0 Å². The van der Waals surface area contributed by atoms with Crippen molar-refractivity contribution in [3.8, 4) is 22.8 Å². The van der Waals surface area contributed by atoms with Gasteiger partial charge in [-0.2, -0.15) is 9.78 Å². The summed E-state index contributed by atoms with van der Waals surface area (Å²) in [6.45, 7) is 2.42. The number of hydrogen-bond donors (Lipinski definition) is 0. The first-order valence-corrected chi connectivity index (χ1v) is 9.47. The Morgan fingerprint density at radius 1 is 1.11 bits per heavy atom. The van der Waals surface area contributed by atoms with Gasteiger partial charge in [-0.1, -0.05) is 18.2 Å². The summed E-state index contributed by atoms with van der Waals surface area (Å²) in [5, 5.41) is 5.92. The minimum atomic E-state index is -0.333. The highest BCUT2D eigenvalue weighted by molar-refractivity contribution is 5.84. The third-order valence-electron chi connectivity index (χ3n) is 4.97. The molecule has 0 saturated heterocycles. The summed E-state index contributed by atoms with van der Waals surface area (Å²) in [5.74, 6) is 1.30. The van der Waals surface area contributed by atoms with Crippen molar-refractivity contribution in [1.82, 2.24) is 19.7 Å². The highest BCUT2D eigenvalue weighted by atomic mass is 19.1. The van der Waals surface area contributed by atoms with E-state index in [1.54, 1.807) is 29.2 Å². The van der Waals surface area contributed by atoms with Crippen LogP contribution >= 0.6 is 0 Å². The highest BCUT2D eigenvalue weighted by Crippen LogP contribution is 2.42. The van der Waals surface area contributed by atoms with Crippen molar-refractivity contribution in [1.29, 1.82) is 0 Å². The number of benzene rings is 2. The van der Waals surface area contributed by atoms with Gasteiger partial charge in [0.1, 0.15) is 11.6 Å². The summed E-state index contributed by atoms with van der Waals surface area (Å²) in [5.41, 5.74) is 3.11. The molecule has 28 heavy (non-hydrogen) atoms. The van der Waals surface area contributed by atoms with Gasteiger partial charge in [0.05, 0.1) is 17.8 Å². The van der Waals surface area contributed by atoms with E-state index in [1.165, 1.54) is 18.9 Å². The third kappa shape index (κ3) is 2.91. The average molecular weight is 374 g/mol. The van der Waals surface area contributed by atoms with Crippen LogP contribution in [0.5, 0.6) is 5.75 Å². The van der Waals surface area contributed by atoms with Crippen LogP contribution in [0.4, 0.5) is 4.39 Å². The second kappa shape index (κ2) is 6.71. The van der Waals surface area contributed by atoms with Gasteiger partial charge in [-0.3, -0.25) is 0 Å². The second-order valence-corrected chi connectivity index (χ2v) is 6.93. The Kier molecular flexibility index (Phi) is 4.04. The fourth-order valence-electron chi connectivity index (χ4n) is 3.45. The van der Waals surface area contributed by atoms with Crippen LogP contribution in [0.2, 0.25) is 0 Å². The topological polar surface area (TPSA) is 52.8 Å². The lowest BCUT2D eigenvalue weighted by atomic mass is 10.1. The molecule has 0 unspecified atom stereocenters. The summed E-state index contributed by atoms with van der Waals surface area (Å²) in [6.07, 6.45) is 5.61. The van der Waals surface area contributed by atoms with Gasteiger partial charge in [0.15, 0.2) is 0 Å². The molecule has 6 heteroatoms. The lowest BCUT2D eigenvalue weighted by Crippen LogP contribution is -2.03. The molecular formula is C22H19FN4O. The fourth-order valence-corrected chi connectivity index (χ4v) is 3.45. The predicted molar refractivity (Wildman–Crippen MR) is 105 cm³/mol. The van der Waals surface area contributed by atoms with Gasteiger partial charge in [0, 0.05) is 34.8 Å². The number of ether oxygens (including phenoxy) is 1. The Bertz CT molecular complexity index is 1150. The lowest BCUT2D eigenvalue weighted by molar-refractivity contribution is 0.340. The van der Waals surface area contributed by atoms with E-state index in [4.69, 9.17) is 9.84 Å². The maximum Gasteiger partial charge on any atom is 0.251 e. The Hall–Kier alpha value is -3.28. The molecule has 5 rings (SSSR count). The van der Waals surface area contributed by atoms with Crippen LogP contribution in [0, 0.1) is 5.82 Å². The van der Waals surface area contributed by atoms with Crippen LogP contribution in [0.25, 0.3) is 28.0 Å². The molecule has 1 aliphatic carbocycles. The first-order valence-electron chi connectivity index (χ1n) is 9.47. The summed E-state index contributed by atoms with van der Waals surface area (Å²) in [7, 11) is 0. The number of rotatable bonds is 5. The molecule has 0 amide bonds. The van der Waals surface area contributed by atoms with Gasteiger partial charge >= 0.3 is 0 Å². The van der Waals surface area contributed by atoms with E-state index >= 15 is 0 Å². The molecule has 0 atom stereocenters. The van der Waals surface area contributed by atoms with Crippen molar-refractivity contribution in [2.24, 2.45) is 0 Å². The smallest absolute Gasteiger partial charge is 0.251 e. The van der Waals surface area contributed by atoms with Crippen molar-refractivity contribution < 1.29 is 9.13 Å². The molecule has 2 aromatic carbocycles. The van der Waals surface area contributed by atoms with Gasteiger partial charge in [-0.05, 0) is 44.0 Å². The summed E-state index contributed by atoms with van der Waals surface area (Å²) < 4.78 is 21.5. The van der Waals surface area contributed by atoms with E-state index < -0.39 is 0 Å². The SMILES string of the molecule is CCOc1ccc(F)c(-c2cnc(-n3nc(C4CC4)c4ccccc43)nc2)c1. The van der Waals surface area contributed by atoms with E-state index in [0.717, 1.165) is 16.6 Å². The summed E-state index contributed by atoms with van der Waals surface area (Å²) in [4.78, 5) is 8.93. The second-order valence-electron chi connectivity index (χ2n) is 6.93. The first kappa shape index (κ1) is 16.9. The minimum Gasteiger partial charge on any atom is -0.494 e. The van der Waals surface area contributed by atoms with Gasteiger partial charge in [0.2, 0.25) is 0 Å². The number of aromatic nitrogens is 4. The van der Waals surface area contributed by atoms with Crippen molar-refractivity contribution in [2.75, 3.05) is 6.61 Å². The third-order valence-corrected chi connectivity index (χ3v) is 4.97. The molecule has 1 aliphatic rings. The maximum absolute atomic E-state index is 14.3. The molecule has 0 N–H and O–H groups in total. The molecule has 4 aromatic rings. The molecule has 5 nitrogen and oxygen atoms in total. The molecule has 2 aromatic heterocycles. The first-order chi connectivity index (χ1) is 13.7. The Morgan fingerprint density at radius 3 is 2.64 bits per heavy atom. The minimum absolute atomic E-state index is 0.333. The van der Waals surface area contributed by atoms with Crippen LogP contribution in [0.1, 0.15) is 31.4 Å². The number of hydrogen-bond acceptors (Lipinski definition) is 4. The van der Waals surface area contributed by atoms with Crippen molar-refractivity contribution in [3.63, 3.8) is 0 Å². The normalized spacial score (nSPS) is 13.8. The van der Waals surface area contributed by atoms with E-state index in [9.17, 15) is 4.39 Å². The van der Waals surface area contributed by atoms with Crippen LogP contribution in [-0.4, -0.2) is 26.4 Å². The van der Waals surface area contributed by atoms with Crippen molar-refractivity contribution in [2.45, 2.75) is 25.7 Å². The number of halogens is 1. The molecule has 140 valence electrons. The van der Waals surface area contributed by atoms with Gasteiger partial charge in [-0.15, -0.1) is 0 Å². The van der Waals surface area contributed by atoms with E-state index in [-0.39, 0.29) is 5.82 Å². The monoisotopic (exact) mass is 374 g/mol. The zero-order valence-corrected chi connectivity index (χ0v) is 15.5. The maximum atomic E-state index is 14.3. The fraction of sp³-hybridized carbons (Fsp3) is 0.227. The zero-order valence-electron chi connectivity index (χ0n) is 15.5. The van der Waals surface area contributed by atoms with Crippen LogP contribution in [-0.2, 0) is 0 Å². The Labute approximate surface area is 161 Å². The zero-order chi connectivity index (χ0) is 19.1. The average Bonchev–Trinajstić information content (AvgIpc) is 3.50. The summed E-state index contributed by atoms with van der Waals surface area (Å²) >= 11 is 0. The molecule has 0 radical (unpaired) electrons. The van der Waals surface area contributed by atoms with Gasteiger partial charge in [0.25, 0.3) is 5.95 Å². The molecular weight excluding hydrogens is 355 g/mol. The van der Waals surface area contributed by atoms with Crippen molar-refractivity contribution in [3.05, 3.63) is 66.4 Å².